The fraction of sp³-hybridized carbons (Fsp3) is 0.333. The number of aromatic nitrogens is 1. The summed E-state index contributed by atoms with van der Waals surface area (Å²) in [6.07, 6.45) is 2.24. The number of methoxy groups -OCH3 is 1. The summed E-state index contributed by atoms with van der Waals surface area (Å²) >= 11 is 0. The largest absolute Gasteiger partial charge is 0.494 e. The Bertz CT molecular complexity index is 657. The monoisotopic (exact) mass is 271 g/mol. The van der Waals surface area contributed by atoms with Crippen molar-refractivity contribution in [2.75, 3.05) is 25.1 Å². The van der Waals surface area contributed by atoms with Crippen molar-refractivity contribution in [3.05, 3.63) is 30.5 Å². The summed E-state index contributed by atoms with van der Waals surface area (Å²) in [5.74, 6) is 1.07. The number of pyridine rings is 1. The topological polar surface area (TPSA) is 68.5 Å². The van der Waals surface area contributed by atoms with Crippen LogP contribution in [0.4, 0.5) is 5.69 Å². The SMILES string of the molecule is COc1ccc(N2CC(CN)CC2=O)c2cccnc12. The summed E-state index contributed by atoms with van der Waals surface area (Å²) in [5.41, 5.74) is 7.34. The number of benzene rings is 1. The standard InChI is InChI=1S/C15H17N3O2/c1-20-13-5-4-12(11-3-2-6-17-15(11)13)18-9-10(8-16)7-14(18)19/h2-6,10H,7-9,16H2,1H3. The second-order valence-electron chi connectivity index (χ2n) is 5.00. The van der Waals surface area contributed by atoms with Gasteiger partial charge in [0.15, 0.2) is 0 Å². The molecule has 1 atom stereocenters. The van der Waals surface area contributed by atoms with Crippen LogP contribution in [0.25, 0.3) is 10.9 Å². The average molecular weight is 271 g/mol. The minimum Gasteiger partial charge on any atom is -0.494 e. The summed E-state index contributed by atoms with van der Waals surface area (Å²) in [7, 11) is 1.62. The molecule has 2 N–H and O–H groups in total. The van der Waals surface area contributed by atoms with Crippen molar-refractivity contribution in [1.82, 2.24) is 4.98 Å². The first-order valence-corrected chi connectivity index (χ1v) is 6.66. The predicted octanol–water partition coefficient (Wildman–Crippen LogP) is 1.55. The van der Waals surface area contributed by atoms with Crippen molar-refractivity contribution in [3.63, 3.8) is 0 Å². The van der Waals surface area contributed by atoms with Crippen molar-refractivity contribution >= 4 is 22.5 Å². The highest BCUT2D eigenvalue weighted by Crippen LogP contribution is 2.34. The van der Waals surface area contributed by atoms with Crippen molar-refractivity contribution in [2.24, 2.45) is 11.7 Å². The van der Waals surface area contributed by atoms with E-state index >= 15 is 0 Å². The fourth-order valence-electron chi connectivity index (χ4n) is 2.70. The number of carbonyl (C=O) groups excluding carboxylic acids is 1. The fourth-order valence-corrected chi connectivity index (χ4v) is 2.70. The van der Waals surface area contributed by atoms with Crippen molar-refractivity contribution in [2.45, 2.75) is 6.42 Å². The molecule has 0 spiro atoms. The van der Waals surface area contributed by atoms with Gasteiger partial charge in [0.25, 0.3) is 0 Å². The van der Waals surface area contributed by atoms with Crippen molar-refractivity contribution in [3.8, 4) is 5.75 Å². The van der Waals surface area contributed by atoms with Gasteiger partial charge in [0, 0.05) is 24.5 Å². The molecule has 0 aliphatic carbocycles. The van der Waals surface area contributed by atoms with Gasteiger partial charge in [-0.05, 0) is 36.7 Å². The molecule has 1 aromatic carbocycles. The van der Waals surface area contributed by atoms with Crippen LogP contribution >= 0.6 is 0 Å². The molecule has 1 fully saturated rings. The lowest BCUT2D eigenvalue weighted by atomic mass is 10.1. The van der Waals surface area contributed by atoms with Crippen LogP contribution in [0.5, 0.6) is 5.75 Å². The van der Waals surface area contributed by atoms with Crippen LogP contribution in [0.3, 0.4) is 0 Å². The Kier molecular flexibility index (Phi) is 3.28. The molecule has 1 saturated heterocycles. The van der Waals surface area contributed by atoms with Gasteiger partial charge in [-0.1, -0.05) is 0 Å². The van der Waals surface area contributed by atoms with Gasteiger partial charge in [0.2, 0.25) is 5.91 Å². The predicted molar refractivity (Wildman–Crippen MR) is 77.8 cm³/mol. The highest BCUT2D eigenvalue weighted by Gasteiger charge is 2.30. The number of hydrogen-bond acceptors (Lipinski definition) is 4. The number of hydrogen-bond donors (Lipinski definition) is 1. The van der Waals surface area contributed by atoms with E-state index in [1.54, 1.807) is 18.2 Å². The molecule has 1 unspecified atom stereocenters. The molecule has 5 heteroatoms. The van der Waals surface area contributed by atoms with Gasteiger partial charge in [0.1, 0.15) is 11.3 Å². The van der Waals surface area contributed by atoms with E-state index in [1.165, 1.54) is 0 Å². The lowest BCUT2D eigenvalue weighted by Gasteiger charge is -2.19. The molecular weight excluding hydrogens is 254 g/mol. The third kappa shape index (κ3) is 2.00. The molecule has 1 aliphatic heterocycles. The van der Waals surface area contributed by atoms with Gasteiger partial charge in [-0.3, -0.25) is 9.78 Å². The number of rotatable bonds is 3. The van der Waals surface area contributed by atoms with Crippen LogP contribution in [0.15, 0.2) is 30.5 Å². The summed E-state index contributed by atoms with van der Waals surface area (Å²) in [6.45, 7) is 1.21. The molecule has 2 heterocycles. The van der Waals surface area contributed by atoms with Gasteiger partial charge < -0.3 is 15.4 Å². The van der Waals surface area contributed by atoms with E-state index in [4.69, 9.17) is 10.5 Å². The number of carbonyl (C=O) groups is 1. The zero-order chi connectivity index (χ0) is 14.1. The molecule has 104 valence electrons. The second-order valence-corrected chi connectivity index (χ2v) is 5.00. The minimum absolute atomic E-state index is 0.121. The zero-order valence-electron chi connectivity index (χ0n) is 11.4. The molecule has 0 radical (unpaired) electrons. The third-order valence-electron chi connectivity index (χ3n) is 3.76. The van der Waals surface area contributed by atoms with E-state index in [1.807, 2.05) is 24.3 Å². The number of fused-ring (bicyclic) bond motifs is 1. The molecule has 20 heavy (non-hydrogen) atoms. The van der Waals surface area contributed by atoms with Crippen molar-refractivity contribution < 1.29 is 9.53 Å². The number of nitrogens with zero attached hydrogens (tertiary/aromatic N) is 2. The van der Waals surface area contributed by atoms with E-state index in [0.29, 0.717) is 25.3 Å². The average Bonchev–Trinajstić information content (AvgIpc) is 2.87. The Morgan fingerprint density at radius 1 is 1.45 bits per heavy atom. The molecule has 1 amide bonds. The normalized spacial score (nSPS) is 18.8. The van der Waals surface area contributed by atoms with Crippen molar-refractivity contribution in [1.29, 1.82) is 0 Å². The number of ether oxygens (including phenoxy) is 1. The molecule has 1 aromatic heterocycles. The Hall–Kier alpha value is -2.14. The summed E-state index contributed by atoms with van der Waals surface area (Å²) in [6, 6.07) is 7.60. The van der Waals surface area contributed by atoms with Crippen LogP contribution in [-0.2, 0) is 4.79 Å². The van der Waals surface area contributed by atoms with E-state index in [0.717, 1.165) is 16.6 Å². The number of amides is 1. The Morgan fingerprint density at radius 3 is 3.00 bits per heavy atom. The van der Waals surface area contributed by atoms with Gasteiger partial charge in [-0.25, -0.2) is 0 Å². The van der Waals surface area contributed by atoms with E-state index in [-0.39, 0.29) is 11.8 Å². The van der Waals surface area contributed by atoms with Gasteiger partial charge in [-0.2, -0.15) is 0 Å². The molecule has 5 nitrogen and oxygen atoms in total. The Balaban J connectivity index is 2.11. The van der Waals surface area contributed by atoms with Crippen LogP contribution in [0.1, 0.15) is 6.42 Å². The highest BCUT2D eigenvalue weighted by atomic mass is 16.5. The summed E-state index contributed by atoms with van der Waals surface area (Å²) < 4.78 is 5.33. The lowest BCUT2D eigenvalue weighted by molar-refractivity contribution is -0.117. The van der Waals surface area contributed by atoms with E-state index in [2.05, 4.69) is 4.98 Å². The number of anilines is 1. The molecular formula is C15H17N3O2. The zero-order valence-corrected chi connectivity index (χ0v) is 11.4. The molecule has 3 rings (SSSR count). The number of nitrogens with two attached hydrogens (primary N) is 1. The maximum Gasteiger partial charge on any atom is 0.227 e. The highest BCUT2D eigenvalue weighted by molar-refractivity contribution is 6.05. The Morgan fingerprint density at radius 2 is 2.30 bits per heavy atom. The first-order chi connectivity index (χ1) is 9.74. The quantitative estimate of drug-likeness (QED) is 0.919. The van der Waals surface area contributed by atoms with E-state index in [9.17, 15) is 4.79 Å². The van der Waals surface area contributed by atoms with E-state index < -0.39 is 0 Å². The van der Waals surface area contributed by atoms with Crippen LogP contribution in [0, 0.1) is 5.92 Å². The molecule has 2 aromatic rings. The van der Waals surface area contributed by atoms with Crippen LogP contribution in [-0.4, -0.2) is 31.1 Å². The molecule has 0 saturated carbocycles. The molecule has 1 aliphatic rings. The van der Waals surface area contributed by atoms with Gasteiger partial charge in [-0.15, -0.1) is 0 Å². The van der Waals surface area contributed by atoms with Crippen LogP contribution < -0.4 is 15.4 Å². The second kappa shape index (κ2) is 5.09. The lowest BCUT2D eigenvalue weighted by Crippen LogP contribution is -2.26. The smallest absolute Gasteiger partial charge is 0.227 e. The molecule has 0 bridgehead atoms. The minimum atomic E-state index is 0.121. The maximum absolute atomic E-state index is 12.2. The first-order valence-electron chi connectivity index (χ1n) is 6.66. The van der Waals surface area contributed by atoms with Crippen LogP contribution in [0.2, 0.25) is 0 Å². The first kappa shape index (κ1) is 12.9. The summed E-state index contributed by atoms with van der Waals surface area (Å²) in [5, 5.41) is 0.929. The third-order valence-corrected chi connectivity index (χ3v) is 3.76. The van der Waals surface area contributed by atoms with Gasteiger partial charge >= 0.3 is 0 Å². The van der Waals surface area contributed by atoms with Gasteiger partial charge in [0.05, 0.1) is 12.8 Å². The summed E-state index contributed by atoms with van der Waals surface area (Å²) in [4.78, 5) is 18.3. The Labute approximate surface area is 117 Å². The maximum atomic E-state index is 12.2.